The van der Waals surface area contributed by atoms with Crippen molar-refractivity contribution >= 4 is 17.0 Å². The van der Waals surface area contributed by atoms with E-state index in [4.69, 9.17) is 8.60 Å². The van der Waals surface area contributed by atoms with Crippen LogP contribution in [0.1, 0.15) is 5.76 Å². The lowest BCUT2D eigenvalue weighted by atomic mass is 10.5. The molecule has 0 amide bonds. The van der Waals surface area contributed by atoms with E-state index in [1.807, 2.05) is 0 Å². The van der Waals surface area contributed by atoms with Crippen molar-refractivity contribution in [1.29, 1.82) is 0 Å². The lowest BCUT2D eigenvalue weighted by Crippen LogP contribution is -1.97. The van der Waals surface area contributed by atoms with Crippen LogP contribution in [-0.2, 0) is 31.4 Å². The van der Waals surface area contributed by atoms with Crippen molar-refractivity contribution in [2.75, 3.05) is 7.11 Å². The van der Waals surface area contributed by atoms with Gasteiger partial charge in [0.05, 0.1) is 13.4 Å². The van der Waals surface area contributed by atoms with Gasteiger partial charge in [-0.1, -0.05) is 0 Å². The average Bonchev–Trinajstić information content (AvgIpc) is 2.75. The van der Waals surface area contributed by atoms with Crippen LogP contribution in [0.5, 0.6) is 0 Å². The Morgan fingerprint density at radius 1 is 1.67 bits per heavy atom. The minimum Gasteiger partial charge on any atom is -0.467 e. The predicted octanol–water partition coefficient (Wildman–Crippen LogP) is 1.15. The van der Waals surface area contributed by atoms with Crippen LogP contribution in [0.2, 0.25) is 0 Å². The van der Waals surface area contributed by atoms with Crippen molar-refractivity contribution in [2.24, 2.45) is 0 Å². The molecule has 0 aromatic carbocycles. The molecule has 0 radical (unpaired) electrons. The molecule has 1 unspecified atom stereocenters. The van der Waals surface area contributed by atoms with Gasteiger partial charge in [-0.15, -0.1) is 0 Å². The highest BCUT2D eigenvalue weighted by Crippen LogP contribution is 2.03. The van der Waals surface area contributed by atoms with E-state index in [2.05, 4.69) is 4.74 Å². The summed E-state index contributed by atoms with van der Waals surface area (Å²) in [5.41, 5.74) is 0. The van der Waals surface area contributed by atoms with Crippen LogP contribution < -0.4 is 0 Å². The number of furan rings is 1. The van der Waals surface area contributed by atoms with E-state index in [0.29, 0.717) is 5.76 Å². The zero-order valence-electron chi connectivity index (χ0n) is 8.04. The first-order chi connectivity index (χ1) is 7.22. The fourth-order valence-corrected chi connectivity index (χ4v) is 1.26. The van der Waals surface area contributed by atoms with Crippen LogP contribution in [0.3, 0.4) is 0 Å². The second kappa shape index (κ2) is 6.15. The van der Waals surface area contributed by atoms with Crippen molar-refractivity contribution in [1.82, 2.24) is 0 Å². The van der Waals surface area contributed by atoms with E-state index in [-0.39, 0.29) is 6.61 Å². The number of methoxy groups -OCH3 is 1. The van der Waals surface area contributed by atoms with E-state index in [1.54, 1.807) is 12.1 Å². The van der Waals surface area contributed by atoms with Crippen LogP contribution in [0.25, 0.3) is 0 Å². The molecule has 6 heteroatoms. The van der Waals surface area contributed by atoms with Gasteiger partial charge in [0.2, 0.25) is 0 Å². The lowest BCUT2D eigenvalue weighted by Gasteiger charge is -1.95. The summed E-state index contributed by atoms with van der Waals surface area (Å²) in [5.74, 6) is -0.0141. The van der Waals surface area contributed by atoms with Gasteiger partial charge in [0, 0.05) is 11.5 Å². The number of rotatable bonds is 5. The smallest absolute Gasteiger partial charge is 0.331 e. The van der Waals surface area contributed by atoms with E-state index >= 15 is 0 Å². The molecular weight excluding hydrogens is 220 g/mol. The maximum atomic E-state index is 11.1. The highest BCUT2D eigenvalue weighted by atomic mass is 32.2. The third-order valence-corrected chi connectivity index (χ3v) is 2.12. The van der Waals surface area contributed by atoms with Gasteiger partial charge in [-0.2, -0.15) is 0 Å². The van der Waals surface area contributed by atoms with Gasteiger partial charge in [-0.05, 0) is 12.1 Å². The zero-order chi connectivity index (χ0) is 11.1. The molecule has 0 saturated carbocycles. The fraction of sp³-hybridized carbons (Fsp3) is 0.222. The maximum absolute atomic E-state index is 11.1. The Bertz CT molecular complexity index is 355. The molecule has 15 heavy (non-hydrogen) atoms. The first kappa shape index (κ1) is 11.7. The molecule has 1 atom stereocenters. The SMILES string of the molecule is COC(=O)/C=C\S(=O)OCc1ccco1. The molecule has 1 rings (SSSR count). The number of esters is 1. The Morgan fingerprint density at radius 3 is 3.07 bits per heavy atom. The first-order valence-corrected chi connectivity index (χ1v) is 5.18. The summed E-state index contributed by atoms with van der Waals surface area (Å²) >= 11 is -1.67. The van der Waals surface area contributed by atoms with Crippen molar-refractivity contribution < 1.29 is 22.3 Å². The van der Waals surface area contributed by atoms with E-state index in [0.717, 1.165) is 11.5 Å². The van der Waals surface area contributed by atoms with E-state index in [1.165, 1.54) is 13.4 Å². The van der Waals surface area contributed by atoms with Crippen molar-refractivity contribution in [2.45, 2.75) is 6.61 Å². The monoisotopic (exact) mass is 230 g/mol. The summed E-state index contributed by atoms with van der Waals surface area (Å²) in [6.45, 7) is 0.0884. The highest BCUT2D eigenvalue weighted by molar-refractivity contribution is 7.83. The van der Waals surface area contributed by atoms with Crippen molar-refractivity contribution in [3.8, 4) is 0 Å². The Balaban J connectivity index is 2.31. The van der Waals surface area contributed by atoms with Crippen molar-refractivity contribution in [3.05, 3.63) is 35.6 Å². The summed E-state index contributed by atoms with van der Waals surface area (Å²) in [4.78, 5) is 10.6. The number of carbonyl (C=O) groups excluding carboxylic acids is 1. The summed E-state index contributed by atoms with van der Waals surface area (Å²) in [6.07, 6.45) is 2.53. The molecule has 1 aromatic rings. The van der Waals surface area contributed by atoms with E-state index < -0.39 is 17.0 Å². The summed E-state index contributed by atoms with van der Waals surface area (Å²) in [5, 5.41) is 1.11. The lowest BCUT2D eigenvalue weighted by molar-refractivity contribution is -0.134. The quantitative estimate of drug-likeness (QED) is 0.560. The number of ether oxygens (including phenoxy) is 1. The van der Waals surface area contributed by atoms with Gasteiger partial charge in [-0.25, -0.2) is 9.00 Å². The normalized spacial score (nSPS) is 12.9. The van der Waals surface area contributed by atoms with E-state index in [9.17, 15) is 9.00 Å². The first-order valence-electron chi connectivity index (χ1n) is 4.04. The predicted molar refractivity (Wildman–Crippen MR) is 52.8 cm³/mol. The van der Waals surface area contributed by atoms with Crippen LogP contribution >= 0.6 is 0 Å². The summed E-state index contributed by atoms with van der Waals surface area (Å²) in [6, 6.07) is 3.40. The molecule has 1 heterocycles. The molecule has 0 bridgehead atoms. The molecule has 0 saturated heterocycles. The molecule has 0 aliphatic rings. The Hall–Kier alpha value is -1.40. The van der Waals surface area contributed by atoms with Crippen LogP contribution in [0.4, 0.5) is 0 Å². The van der Waals surface area contributed by atoms with Gasteiger partial charge in [0.15, 0.2) is 11.1 Å². The topological polar surface area (TPSA) is 65.7 Å². The Morgan fingerprint density at radius 2 is 2.47 bits per heavy atom. The second-order valence-corrected chi connectivity index (χ2v) is 3.46. The van der Waals surface area contributed by atoms with Crippen LogP contribution in [-0.4, -0.2) is 17.3 Å². The fourth-order valence-electron chi connectivity index (χ4n) is 0.729. The standard InChI is InChI=1S/C9H10O5S/c1-12-9(10)4-6-15(11)14-7-8-3-2-5-13-8/h2-6H,7H2,1H3/b6-4-. The third kappa shape index (κ3) is 4.57. The molecule has 82 valence electrons. The molecular formula is C9H10O5S. The van der Waals surface area contributed by atoms with Gasteiger partial charge in [0.1, 0.15) is 12.4 Å². The Labute approximate surface area is 89.3 Å². The van der Waals surface area contributed by atoms with Crippen LogP contribution in [0.15, 0.2) is 34.3 Å². The minimum absolute atomic E-state index is 0.0884. The van der Waals surface area contributed by atoms with Gasteiger partial charge in [-0.3, -0.25) is 4.18 Å². The largest absolute Gasteiger partial charge is 0.467 e. The third-order valence-electron chi connectivity index (χ3n) is 1.41. The average molecular weight is 230 g/mol. The summed E-state index contributed by atoms with van der Waals surface area (Å²) in [7, 11) is 1.24. The molecule has 0 N–H and O–H groups in total. The summed E-state index contributed by atoms with van der Waals surface area (Å²) < 4.78 is 25.2. The van der Waals surface area contributed by atoms with Gasteiger partial charge in [0.25, 0.3) is 0 Å². The molecule has 0 aliphatic heterocycles. The highest BCUT2D eigenvalue weighted by Gasteiger charge is 2.00. The second-order valence-electron chi connectivity index (χ2n) is 2.43. The maximum Gasteiger partial charge on any atom is 0.331 e. The van der Waals surface area contributed by atoms with Gasteiger partial charge < -0.3 is 9.15 Å². The minimum atomic E-state index is -1.67. The Kier molecular flexibility index (Phi) is 4.79. The van der Waals surface area contributed by atoms with Crippen molar-refractivity contribution in [3.63, 3.8) is 0 Å². The number of hydrogen-bond donors (Lipinski definition) is 0. The van der Waals surface area contributed by atoms with Gasteiger partial charge >= 0.3 is 5.97 Å². The molecule has 1 aromatic heterocycles. The molecule has 0 spiro atoms. The number of hydrogen-bond acceptors (Lipinski definition) is 5. The number of carbonyl (C=O) groups is 1. The zero-order valence-corrected chi connectivity index (χ0v) is 8.86. The molecule has 0 fully saturated rings. The molecule has 5 nitrogen and oxygen atoms in total. The van der Waals surface area contributed by atoms with Crippen LogP contribution in [0, 0.1) is 0 Å². The molecule has 0 aliphatic carbocycles.